The van der Waals surface area contributed by atoms with Crippen LogP contribution in [0.1, 0.15) is 22.3 Å². The Kier molecular flexibility index (Phi) is 4.88. The fraction of sp³-hybridized carbons (Fsp3) is 0.250. The van der Waals surface area contributed by atoms with Gasteiger partial charge in [0.25, 0.3) is 0 Å². The second kappa shape index (κ2) is 6.91. The van der Waals surface area contributed by atoms with E-state index >= 15 is 0 Å². The first kappa shape index (κ1) is 16.9. The average molecular weight is 387 g/mol. The van der Waals surface area contributed by atoms with E-state index in [9.17, 15) is 4.79 Å². The molecule has 1 unspecified atom stereocenters. The van der Waals surface area contributed by atoms with Crippen LogP contribution in [0, 0.1) is 13.8 Å². The average Bonchev–Trinajstić information content (AvgIpc) is 2.53. The Balaban J connectivity index is 1.90. The van der Waals surface area contributed by atoms with Crippen LogP contribution >= 0.6 is 15.9 Å². The van der Waals surface area contributed by atoms with Crippen LogP contribution in [-0.4, -0.2) is 7.05 Å². The van der Waals surface area contributed by atoms with Crippen molar-refractivity contribution in [3.05, 3.63) is 79.6 Å². The second-order valence-electron chi connectivity index (χ2n) is 6.41. The van der Waals surface area contributed by atoms with Crippen molar-refractivity contribution in [3.8, 4) is 0 Å². The summed E-state index contributed by atoms with van der Waals surface area (Å²) in [7, 11) is 2.14. The second-order valence-corrected chi connectivity index (χ2v) is 7.33. The van der Waals surface area contributed by atoms with Crippen LogP contribution in [-0.2, 0) is 13.1 Å². The monoisotopic (exact) mass is 386 g/mol. The van der Waals surface area contributed by atoms with Crippen LogP contribution in [0.4, 0.5) is 0 Å². The summed E-state index contributed by atoms with van der Waals surface area (Å²) >= 11 is 3.46. The zero-order chi connectivity index (χ0) is 17.3. The highest BCUT2D eigenvalue weighted by Crippen LogP contribution is 2.22. The third-order valence-corrected chi connectivity index (χ3v) is 4.96. The number of hydrogen-bond acceptors (Lipinski definition) is 2. The quantitative estimate of drug-likeness (QED) is 0.697. The lowest BCUT2D eigenvalue weighted by Gasteiger charge is -2.16. The standard InChI is InChI=1S/C20H20BrNO2/c1-13-4-9-18-16(10-19(23)24-20(18)14(13)2)12-22(3)11-15-5-7-17(21)8-6-15/h4-10H,11-12H2,1-3H3/p+1. The molecule has 1 N–H and O–H groups in total. The summed E-state index contributed by atoms with van der Waals surface area (Å²) in [5.74, 6) is 0. The molecule has 124 valence electrons. The van der Waals surface area contributed by atoms with Gasteiger partial charge < -0.3 is 9.32 Å². The Hall–Kier alpha value is -1.91. The minimum absolute atomic E-state index is 0.275. The lowest BCUT2D eigenvalue weighted by atomic mass is 10.0. The van der Waals surface area contributed by atoms with Gasteiger partial charge in [0.1, 0.15) is 18.7 Å². The molecule has 0 saturated heterocycles. The Morgan fingerprint density at radius 2 is 1.75 bits per heavy atom. The van der Waals surface area contributed by atoms with Crippen LogP contribution in [0.3, 0.4) is 0 Å². The number of hydrogen-bond donors (Lipinski definition) is 1. The van der Waals surface area contributed by atoms with Gasteiger partial charge >= 0.3 is 5.63 Å². The van der Waals surface area contributed by atoms with Gasteiger partial charge in [0, 0.05) is 27.1 Å². The molecule has 1 heterocycles. The topological polar surface area (TPSA) is 34.7 Å². The summed E-state index contributed by atoms with van der Waals surface area (Å²) in [5.41, 5.74) is 4.93. The first-order chi connectivity index (χ1) is 11.4. The maximum atomic E-state index is 12.0. The highest BCUT2D eigenvalue weighted by Gasteiger charge is 2.13. The smallest absolute Gasteiger partial charge is 0.336 e. The molecule has 2 aromatic carbocycles. The fourth-order valence-corrected chi connectivity index (χ4v) is 3.27. The highest BCUT2D eigenvalue weighted by molar-refractivity contribution is 9.10. The van der Waals surface area contributed by atoms with E-state index in [1.54, 1.807) is 6.07 Å². The molecule has 24 heavy (non-hydrogen) atoms. The SMILES string of the molecule is Cc1ccc2c(C[NH+](C)Cc3ccc(Br)cc3)cc(=O)oc2c1C. The van der Waals surface area contributed by atoms with Gasteiger partial charge in [0.05, 0.1) is 7.05 Å². The van der Waals surface area contributed by atoms with E-state index in [4.69, 9.17) is 4.42 Å². The Morgan fingerprint density at radius 1 is 1.04 bits per heavy atom. The fourth-order valence-electron chi connectivity index (χ4n) is 3.01. The van der Waals surface area contributed by atoms with Gasteiger partial charge in [-0.1, -0.05) is 40.2 Å². The Labute approximate surface area is 150 Å². The number of halogens is 1. The van der Waals surface area contributed by atoms with Gasteiger partial charge in [-0.25, -0.2) is 4.79 Å². The highest BCUT2D eigenvalue weighted by atomic mass is 79.9. The minimum atomic E-state index is -0.275. The van der Waals surface area contributed by atoms with Crippen molar-refractivity contribution in [3.63, 3.8) is 0 Å². The van der Waals surface area contributed by atoms with Crippen molar-refractivity contribution >= 4 is 26.9 Å². The van der Waals surface area contributed by atoms with E-state index in [1.165, 1.54) is 10.5 Å². The molecule has 0 radical (unpaired) electrons. The van der Waals surface area contributed by atoms with Gasteiger partial charge in [-0.15, -0.1) is 0 Å². The predicted molar refractivity (Wildman–Crippen MR) is 100 cm³/mol. The molecule has 0 bridgehead atoms. The molecule has 0 saturated carbocycles. The van der Waals surface area contributed by atoms with Gasteiger partial charge in [0.2, 0.25) is 0 Å². The molecule has 0 aliphatic carbocycles. The molecule has 0 aliphatic rings. The normalized spacial score (nSPS) is 12.5. The van der Waals surface area contributed by atoms with Crippen LogP contribution in [0.25, 0.3) is 11.0 Å². The summed E-state index contributed by atoms with van der Waals surface area (Å²) in [6, 6.07) is 14.1. The first-order valence-electron chi connectivity index (χ1n) is 8.02. The number of quaternary nitrogens is 1. The van der Waals surface area contributed by atoms with Crippen molar-refractivity contribution in [2.75, 3.05) is 7.05 Å². The minimum Gasteiger partial charge on any atom is -0.422 e. The van der Waals surface area contributed by atoms with Gasteiger partial charge in [-0.05, 0) is 37.1 Å². The van der Waals surface area contributed by atoms with E-state index in [0.29, 0.717) is 5.58 Å². The zero-order valence-corrected chi connectivity index (χ0v) is 15.7. The molecule has 0 fully saturated rings. The first-order valence-corrected chi connectivity index (χ1v) is 8.82. The molecule has 1 aromatic heterocycles. The molecule has 4 heteroatoms. The number of aryl methyl sites for hydroxylation is 2. The lowest BCUT2D eigenvalue weighted by Crippen LogP contribution is -3.06. The maximum Gasteiger partial charge on any atom is 0.336 e. The summed E-state index contributed by atoms with van der Waals surface area (Å²) in [6.45, 7) is 5.72. The molecule has 0 aliphatic heterocycles. The van der Waals surface area contributed by atoms with Gasteiger partial charge in [-0.2, -0.15) is 0 Å². The molecule has 3 aromatic rings. The molecule has 1 atom stereocenters. The molecular weight excluding hydrogens is 366 g/mol. The molecule has 3 nitrogen and oxygen atoms in total. The summed E-state index contributed by atoms with van der Waals surface area (Å²) in [4.78, 5) is 13.3. The lowest BCUT2D eigenvalue weighted by molar-refractivity contribution is -0.907. The Morgan fingerprint density at radius 3 is 2.46 bits per heavy atom. The van der Waals surface area contributed by atoms with Crippen molar-refractivity contribution in [2.45, 2.75) is 26.9 Å². The van der Waals surface area contributed by atoms with Crippen molar-refractivity contribution in [2.24, 2.45) is 0 Å². The van der Waals surface area contributed by atoms with E-state index in [-0.39, 0.29) is 5.63 Å². The van der Waals surface area contributed by atoms with Crippen LogP contribution in [0.15, 0.2) is 56.1 Å². The predicted octanol–water partition coefficient (Wildman–Crippen LogP) is 3.39. The van der Waals surface area contributed by atoms with Crippen LogP contribution < -0.4 is 10.5 Å². The number of benzene rings is 2. The molecule has 0 spiro atoms. The Bertz CT molecular complexity index is 929. The van der Waals surface area contributed by atoms with E-state index in [1.807, 2.05) is 13.8 Å². The number of nitrogens with one attached hydrogen (secondary N) is 1. The molecule has 3 rings (SSSR count). The summed E-state index contributed by atoms with van der Waals surface area (Å²) in [6.07, 6.45) is 0. The van der Waals surface area contributed by atoms with E-state index in [2.05, 4.69) is 59.4 Å². The number of fused-ring (bicyclic) bond motifs is 1. The zero-order valence-electron chi connectivity index (χ0n) is 14.2. The van der Waals surface area contributed by atoms with Crippen LogP contribution in [0.2, 0.25) is 0 Å². The number of rotatable bonds is 4. The third kappa shape index (κ3) is 3.60. The third-order valence-electron chi connectivity index (χ3n) is 4.43. The summed E-state index contributed by atoms with van der Waals surface area (Å²) in [5, 5.41) is 1.04. The molecular formula is C20H21BrNO2+. The van der Waals surface area contributed by atoms with Crippen LogP contribution in [0.5, 0.6) is 0 Å². The largest absolute Gasteiger partial charge is 0.422 e. The maximum absolute atomic E-state index is 12.0. The van der Waals surface area contributed by atoms with Gasteiger partial charge in [0.15, 0.2) is 0 Å². The van der Waals surface area contributed by atoms with Crippen molar-refractivity contribution in [1.29, 1.82) is 0 Å². The molecule has 0 amide bonds. The van der Waals surface area contributed by atoms with Gasteiger partial charge in [-0.3, -0.25) is 0 Å². The van der Waals surface area contributed by atoms with Crippen molar-refractivity contribution < 1.29 is 9.32 Å². The van der Waals surface area contributed by atoms with Crippen molar-refractivity contribution in [1.82, 2.24) is 0 Å². The van der Waals surface area contributed by atoms with E-state index in [0.717, 1.165) is 39.6 Å². The van der Waals surface area contributed by atoms with E-state index < -0.39 is 0 Å². The summed E-state index contributed by atoms with van der Waals surface area (Å²) < 4.78 is 6.54.